The SMILES string of the molecule is COc1nc(OC)nc(Oc2cc(-c3nc(C)n(C(F)F)c3Cl)c(F)cc2Cl)n1. The molecule has 0 saturated heterocycles. The first kappa shape index (κ1) is 20.9. The van der Waals surface area contributed by atoms with Crippen LogP contribution in [-0.2, 0) is 0 Å². The molecule has 0 fully saturated rings. The molecule has 0 saturated carbocycles. The lowest BCUT2D eigenvalue weighted by Crippen LogP contribution is -2.02. The van der Waals surface area contributed by atoms with Gasteiger partial charge >= 0.3 is 24.6 Å². The predicted octanol–water partition coefficient (Wildman–Crippen LogP) is 4.69. The topological polar surface area (TPSA) is 84.2 Å². The largest absolute Gasteiger partial charge is 0.467 e. The molecule has 0 aliphatic heterocycles. The molecule has 2 heterocycles. The van der Waals surface area contributed by atoms with Crippen LogP contribution in [0.3, 0.4) is 0 Å². The van der Waals surface area contributed by atoms with E-state index in [4.69, 9.17) is 37.4 Å². The lowest BCUT2D eigenvalue weighted by atomic mass is 10.1. The molecule has 0 aliphatic rings. The van der Waals surface area contributed by atoms with Crippen LogP contribution in [0.5, 0.6) is 23.8 Å². The van der Waals surface area contributed by atoms with Gasteiger partial charge in [0.2, 0.25) is 0 Å². The lowest BCUT2D eigenvalue weighted by Gasteiger charge is -2.10. The summed E-state index contributed by atoms with van der Waals surface area (Å²) in [5.74, 6) is -1.02. The molecule has 0 aliphatic carbocycles. The van der Waals surface area contributed by atoms with Crippen LogP contribution in [0.4, 0.5) is 13.2 Å². The number of alkyl halides is 2. The van der Waals surface area contributed by atoms with E-state index in [0.29, 0.717) is 4.57 Å². The van der Waals surface area contributed by atoms with Crippen molar-refractivity contribution in [1.82, 2.24) is 24.5 Å². The third kappa shape index (κ3) is 4.15. The van der Waals surface area contributed by atoms with E-state index >= 15 is 0 Å². The summed E-state index contributed by atoms with van der Waals surface area (Å²) in [4.78, 5) is 15.5. The van der Waals surface area contributed by atoms with Gasteiger partial charge in [0.15, 0.2) is 5.75 Å². The van der Waals surface area contributed by atoms with E-state index in [9.17, 15) is 13.2 Å². The molecular weight excluding hydrogens is 438 g/mol. The molecule has 1 aromatic carbocycles. The van der Waals surface area contributed by atoms with Crippen molar-refractivity contribution in [2.45, 2.75) is 13.5 Å². The standard InChI is InChI=1S/C16H12Cl2F3N5O3/c1-6-22-11(12(18)26(6)13(20)21)7-4-10(8(17)5-9(7)19)29-16-24-14(27-2)23-15(25-16)28-3/h4-5,13H,1-3H3. The monoisotopic (exact) mass is 449 g/mol. The fraction of sp³-hybridized carbons (Fsp3) is 0.250. The molecule has 0 atom stereocenters. The molecular formula is C16H12Cl2F3N5O3. The minimum absolute atomic E-state index is 0.0845. The summed E-state index contributed by atoms with van der Waals surface area (Å²) in [7, 11) is 2.65. The van der Waals surface area contributed by atoms with Crippen molar-refractivity contribution < 1.29 is 27.4 Å². The number of ether oxygens (including phenoxy) is 3. The van der Waals surface area contributed by atoms with Gasteiger partial charge in [-0.25, -0.2) is 9.37 Å². The van der Waals surface area contributed by atoms with Gasteiger partial charge in [-0.15, -0.1) is 15.0 Å². The summed E-state index contributed by atoms with van der Waals surface area (Å²) < 4.78 is 56.6. The first-order valence-electron chi connectivity index (χ1n) is 7.79. The van der Waals surface area contributed by atoms with Crippen molar-refractivity contribution in [3.63, 3.8) is 0 Å². The second-order valence-corrected chi connectivity index (χ2v) is 6.17. The van der Waals surface area contributed by atoms with Crippen LogP contribution in [0.25, 0.3) is 11.3 Å². The van der Waals surface area contributed by atoms with E-state index in [-0.39, 0.29) is 45.9 Å². The molecule has 0 bridgehead atoms. The van der Waals surface area contributed by atoms with Crippen LogP contribution in [0, 0.1) is 12.7 Å². The predicted molar refractivity (Wildman–Crippen MR) is 96.6 cm³/mol. The maximum Gasteiger partial charge on any atom is 0.331 e. The fourth-order valence-electron chi connectivity index (χ4n) is 2.35. The molecule has 3 rings (SSSR count). The van der Waals surface area contributed by atoms with E-state index in [1.54, 1.807) is 0 Å². The average Bonchev–Trinajstić information content (AvgIpc) is 2.97. The number of hydrogen-bond acceptors (Lipinski definition) is 7. The Balaban J connectivity index is 2.07. The Labute approximate surface area is 172 Å². The Bertz CT molecular complexity index is 1040. The number of aryl methyl sites for hydroxylation is 1. The van der Waals surface area contributed by atoms with Crippen LogP contribution in [0.2, 0.25) is 10.2 Å². The highest BCUT2D eigenvalue weighted by Crippen LogP contribution is 2.38. The number of imidazole rings is 1. The molecule has 13 heteroatoms. The molecule has 3 aromatic rings. The van der Waals surface area contributed by atoms with Gasteiger partial charge in [-0.2, -0.15) is 8.78 Å². The molecule has 0 spiro atoms. The average molecular weight is 450 g/mol. The molecule has 2 aromatic heterocycles. The quantitative estimate of drug-likeness (QED) is 0.539. The number of rotatable bonds is 6. The molecule has 0 N–H and O–H groups in total. The zero-order chi connectivity index (χ0) is 21.3. The van der Waals surface area contributed by atoms with Crippen LogP contribution in [0.15, 0.2) is 12.1 Å². The molecule has 8 nitrogen and oxygen atoms in total. The summed E-state index contributed by atoms with van der Waals surface area (Å²) in [6, 6.07) is 1.62. The van der Waals surface area contributed by atoms with E-state index in [2.05, 4.69) is 19.9 Å². The highest BCUT2D eigenvalue weighted by atomic mass is 35.5. The summed E-state index contributed by atoms with van der Waals surface area (Å²) in [6.07, 6.45) is 0. The van der Waals surface area contributed by atoms with Gasteiger partial charge in [0.25, 0.3) is 0 Å². The number of aromatic nitrogens is 5. The zero-order valence-electron chi connectivity index (χ0n) is 15.1. The minimum atomic E-state index is -2.94. The third-order valence-electron chi connectivity index (χ3n) is 3.64. The number of hydrogen-bond donors (Lipinski definition) is 0. The van der Waals surface area contributed by atoms with E-state index in [0.717, 1.165) is 12.1 Å². The van der Waals surface area contributed by atoms with Crippen LogP contribution in [0.1, 0.15) is 12.4 Å². The van der Waals surface area contributed by atoms with E-state index < -0.39 is 17.5 Å². The summed E-state index contributed by atoms with van der Waals surface area (Å²) in [6.45, 7) is -1.63. The zero-order valence-corrected chi connectivity index (χ0v) is 16.6. The number of methoxy groups -OCH3 is 2. The second-order valence-electron chi connectivity index (χ2n) is 5.40. The molecule has 154 valence electrons. The first-order chi connectivity index (χ1) is 13.7. The van der Waals surface area contributed by atoms with Gasteiger partial charge in [-0.05, 0) is 19.1 Å². The first-order valence-corrected chi connectivity index (χ1v) is 8.54. The Hall–Kier alpha value is -2.79. The van der Waals surface area contributed by atoms with Gasteiger partial charge in [0.1, 0.15) is 22.5 Å². The summed E-state index contributed by atoms with van der Waals surface area (Å²) >= 11 is 12.0. The van der Waals surface area contributed by atoms with Crippen molar-refractivity contribution in [3.8, 4) is 35.0 Å². The Morgan fingerprint density at radius 2 is 1.55 bits per heavy atom. The number of nitrogens with zero attached hydrogens (tertiary/aromatic N) is 5. The Kier molecular flexibility index (Phi) is 5.99. The third-order valence-corrected chi connectivity index (χ3v) is 4.30. The van der Waals surface area contributed by atoms with Gasteiger partial charge in [-0.3, -0.25) is 4.57 Å². The van der Waals surface area contributed by atoms with Crippen molar-refractivity contribution in [1.29, 1.82) is 0 Å². The van der Waals surface area contributed by atoms with Crippen molar-refractivity contribution in [3.05, 3.63) is 34.0 Å². The summed E-state index contributed by atoms with van der Waals surface area (Å²) in [5.41, 5.74) is -0.404. The number of halogens is 5. The van der Waals surface area contributed by atoms with E-state index in [1.165, 1.54) is 21.1 Å². The van der Waals surface area contributed by atoms with Gasteiger partial charge in [0, 0.05) is 5.56 Å². The fourth-order valence-corrected chi connectivity index (χ4v) is 2.88. The molecule has 0 amide bonds. The Morgan fingerprint density at radius 1 is 0.966 bits per heavy atom. The van der Waals surface area contributed by atoms with Crippen LogP contribution < -0.4 is 14.2 Å². The van der Waals surface area contributed by atoms with Crippen molar-refractivity contribution >= 4 is 23.2 Å². The van der Waals surface area contributed by atoms with Crippen LogP contribution in [-0.4, -0.2) is 38.7 Å². The molecule has 0 radical (unpaired) electrons. The Morgan fingerprint density at radius 3 is 2.07 bits per heavy atom. The maximum atomic E-state index is 14.5. The van der Waals surface area contributed by atoms with Crippen molar-refractivity contribution in [2.75, 3.05) is 14.2 Å². The molecule has 0 unspecified atom stereocenters. The van der Waals surface area contributed by atoms with E-state index in [1.807, 2.05) is 0 Å². The second kappa shape index (κ2) is 8.29. The van der Waals surface area contributed by atoms with Gasteiger partial charge in [-0.1, -0.05) is 23.2 Å². The normalized spacial score (nSPS) is 11.1. The molecule has 29 heavy (non-hydrogen) atoms. The highest BCUT2D eigenvalue weighted by molar-refractivity contribution is 6.33. The summed E-state index contributed by atoms with van der Waals surface area (Å²) in [5, 5.41) is -0.570. The van der Waals surface area contributed by atoms with Gasteiger partial charge in [0.05, 0.1) is 19.2 Å². The maximum absolute atomic E-state index is 14.5. The smallest absolute Gasteiger partial charge is 0.331 e. The highest BCUT2D eigenvalue weighted by Gasteiger charge is 2.24. The van der Waals surface area contributed by atoms with Crippen LogP contribution >= 0.6 is 23.2 Å². The lowest BCUT2D eigenvalue weighted by molar-refractivity contribution is 0.0683. The van der Waals surface area contributed by atoms with Crippen molar-refractivity contribution in [2.24, 2.45) is 0 Å². The van der Waals surface area contributed by atoms with Gasteiger partial charge < -0.3 is 14.2 Å². The minimum Gasteiger partial charge on any atom is -0.467 e. The number of benzene rings is 1.